The monoisotopic (exact) mass is 291 g/mol. The standard InChI is InChI=1S/C17H25NOS/c1-13-11-14(9-10-16(13)18(2)3)17(19)12-20-15-7-5-4-6-8-15/h9-11,15H,4-8,12H2,1-3H3. The topological polar surface area (TPSA) is 20.3 Å². The molecule has 1 aromatic rings. The van der Waals surface area contributed by atoms with Gasteiger partial charge in [0.2, 0.25) is 0 Å². The van der Waals surface area contributed by atoms with Crippen molar-refractivity contribution in [1.29, 1.82) is 0 Å². The average molecular weight is 291 g/mol. The van der Waals surface area contributed by atoms with Gasteiger partial charge in [-0.15, -0.1) is 0 Å². The number of thioether (sulfide) groups is 1. The van der Waals surface area contributed by atoms with Gasteiger partial charge in [-0.25, -0.2) is 0 Å². The van der Waals surface area contributed by atoms with Gasteiger partial charge < -0.3 is 4.90 Å². The molecule has 0 unspecified atom stereocenters. The van der Waals surface area contributed by atoms with E-state index in [0.717, 1.165) is 5.56 Å². The van der Waals surface area contributed by atoms with Crippen LogP contribution in [0.5, 0.6) is 0 Å². The summed E-state index contributed by atoms with van der Waals surface area (Å²) in [5.41, 5.74) is 3.21. The number of Topliss-reactive ketones (excluding diaryl/α,β-unsaturated/α-hetero) is 1. The first kappa shape index (κ1) is 15.4. The Morgan fingerprint density at radius 3 is 2.55 bits per heavy atom. The number of rotatable bonds is 5. The van der Waals surface area contributed by atoms with Crippen molar-refractivity contribution in [3.05, 3.63) is 29.3 Å². The molecule has 0 atom stereocenters. The summed E-state index contributed by atoms with van der Waals surface area (Å²) in [5.74, 6) is 0.903. The van der Waals surface area contributed by atoms with E-state index in [2.05, 4.69) is 11.8 Å². The molecule has 1 aromatic carbocycles. The van der Waals surface area contributed by atoms with Gasteiger partial charge in [0.25, 0.3) is 0 Å². The Morgan fingerprint density at radius 2 is 1.95 bits per heavy atom. The van der Waals surface area contributed by atoms with Crippen molar-refractivity contribution in [2.45, 2.75) is 44.3 Å². The van der Waals surface area contributed by atoms with Crippen LogP contribution in [0.4, 0.5) is 5.69 Å². The predicted molar refractivity (Wildman–Crippen MR) is 89.2 cm³/mol. The largest absolute Gasteiger partial charge is 0.377 e. The quantitative estimate of drug-likeness (QED) is 0.754. The van der Waals surface area contributed by atoms with Crippen LogP contribution in [0, 0.1) is 6.92 Å². The van der Waals surface area contributed by atoms with Crippen LogP contribution in [0.15, 0.2) is 18.2 Å². The summed E-state index contributed by atoms with van der Waals surface area (Å²) in [5, 5.41) is 0.704. The van der Waals surface area contributed by atoms with E-state index in [1.807, 2.05) is 44.1 Å². The minimum Gasteiger partial charge on any atom is -0.377 e. The lowest BCUT2D eigenvalue weighted by molar-refractivity contribution is 0.102. The predicted octanol–water partition coefficient (Wildman–Crippen LogP) is 4.31. The molecule has 0 aromatic heterocycles. The molecule has 0 saturated heterocycles. The van der Waals surface area contributed by atoms with Gasteiger partial charge in [0.1, 0.15) is 0 Å². The summed E-state index contributed by atoms with van der Waals surface area (Å²) in [6, 6.07) is 6.04. The highest BCUT2D eigenvalue weighted by Gasteiger charge is 2.16. The van der Waals surface area contributed by atoms with Gasteiger partial charge in [-0.1, -0.05) is 19.3 Å². The molecular weight excluding hydrogens is 266 g/mol. The SMILES string of the molecule is Cc1cc(C(=O)CSC2CCCCC2)ccc1N(C)C. The number of anilines is 1. The van der Waals surface area contributed by atoms with Crippen molar-refractivity contribution >= 4 is 23.2 Å². The van der Waals surface area contributed by atoms with Crippen LogP contribution in [-0.4, -0.2) is 30.9 Å². The van der Waals surface area contributed by atoms with Crippen LogP contribution < -0.4 is 4.90 Å². The summed E-state index contributed by atoms with van der Waals surface area (Å²) >= 11 is 1.86. The van der Waals surface area contributed by atoms with Crippen molar-refractivity contribution < 1.29 is 4.79 Å². The van der Waals surface area contributed by atoms with Crippen LogP contribution in [0.1, 0.15) is 48.0 Å². The number of ketones is 1. The van der Waals surface area contributed by atoms with E-state index in [-0.39, 0.29) is 5.78 Å². The molecule has 2 nitrogen and oxygen atoms in total. The van der Waals surface area contributed by atoms with E-state index in [1.165, 1.54) is 43.4 Å². The number of carbonyl (C=O) groups is 1. The Bertz CT molecular complexity index is 464. The van der Waals surface area contributed by atoms with Gasteiger partial charge >= 0.3 is 0 Å². The smallest absolute Gasteiger partial charge is 0.172 e. The van der Waals surface area contributed by atoms with Gasteiger partial charge in [-0.05, 0) is 43.5 Å². The molecule has 1 aliphatic carbocycles. The van der Waals surface area contributed by atoms with Gasteiger partial charge in [0.05, 0.1) is 5.75 Å². The molecule has 110 valence electrons. The van der Waals surface area contributed by atoms with Crippen LogP contribution in [-0.2, 0) is 0 Å². The first-order chi connectivity index (χ1) is 9.58. The highest BCUT2D eigenvalue weighted by molar-refractivity contribution is 8.00. The third-order valence-electron chi connectivity index (χ3n) is 4.00. The molecular formula is C17H25NOS. The van der Waals surface area contributed by atoms with E-state index in [4.69, 9.17) is 0 Å². The minimum absolute atomic E-state index is 0.272. The van der Waals surface area contributed by atoms with Crippen molar-refractivity contribution in [2.75, 3.05) is 24.7 Å². The maximum atomic E-state index is 12.3. The third kappa shape index (κ3) is 4.02. The molecule has 2 rings (SSSR count). The second-order valence-corrected chi connectivity index (χ2v) is 7.18. The number of hydrogen-bond acceptors (Lipinski definition) is 3. The lowest BCUT2D eigenvalue weighted by atomic mass is 10.0. The molecule has 0 amide bonds. The second kappa shape index (κ2) is 7.16. The summed E-state index contributed by atoms with van der Waals surface area (Å²) in [6.07, 6.45) is 6.62. The molecule has 1 fully saturated rings. The zero-order valence-corrected chi connectivity index (χ0v) is 13.6. The molecule has 0 aliphatic heterocycles. The van der Waals surface area contributed by atoms with Gasteiger partial charge in [-0.3, -0.25) is 4.79 Å². The van der Waals surface area contributed by atoms with Gasteiger partial charge in [0.15, 0.2) is 5.78 Å². The fourth-order valence-electron chi connectivity index (χ4n) is 2.84. The zero-order chi connectivity index (χ0) is 14.5. The van der Waals surface area contributed by atoms with Crippen molar-refractivity contribution in [3.63, 3.8) is 0 Å². The molecule has 0 radical (unpaired) electrons. The summed E-state index contributed by atoms with van der Waals surface area (Å²) in [7, 11) is 4.06. The van der Waals surface area contributed by atoms with E-state index >= 15 is 0 Å². The van der Waals surface area contributed by atoms with Crippen LogP contribution >= 0.6 is 11.8 Å². The fraction of sp³-hybridized carbons (Fsp3) is 0.588. The molecule has 0 bridgehead atoms. The van der Waals surface area contributed by atoms with E-state index in [9.17, 15) is 4.79 Å². The van der Waals surface area contributed by atoms with Crippen molar-refractivity contribution in [1.82, 2.24) is 0 Å². The Labute approximate surface area is 126 Å². The first-order valence-corrected chi connectivity index (χ1v) is 8.55. The maximum Gasteiger partial charge on any atom is 0.172 e. The lowest BCUT2D eigenvalue weighted by Crippen LogP contribution is -2.13. The summed E-state index contributed by atoms with van der Waals surface area (Å²) < 4.78 is 0. The van der Waals surface area contributed by atoms with Crippen molar-refractivity contribution in [2.24, 2.45) is 0 Å². The fourth-order valence-corrected chi connectivity index (χ4v) is 4.06. The van der Waals surface area contributed by atoms with Crippen LogP contribution in [0.2, 0.25) is 0 Å². The normalized spacial score (nSPS) is 16.1. The third-order valence-corrected chi connectivity index (χ3v) is 5.37. The number of nitrogens with zero attached hydrogens (tertiary/aromatic N) is 1. The van der Waals surface area contributed by atoms with Crippen LogP contribution in [0.25, 0.3) is 0 Å². The molecule has 20 heavy (non-hydrogen) atoms. The molecule has 0 heterocycles. The van der Waals surface area contributed by atoms with Crippen molar-refractivity contribution in [3.8, 4) is 0 Å². The van der Waals surface area contributed by atoms with E-state index < -0.39 is 0 Å². The number of aryl methyl sites for hydroxylation is 1. The Hall–Kier alpha value is -0.960. The Morgan fingerprint density at radius 1 is 1.25 bits per heavy atom. The average Bonchev–Trinajstić information content (AvgIpc) is 2.45. The number of carbonyl (C=O) groups excluding carboxylic acids is 1. The summed E-state index contributed by atoms with van der Waals surface area (Å²) in [4.78, 5) is 14.4. The molecule has 3 heteroatoms. The first-order valence-electron chi connectivity index (χ1n) is 7.50. The maximum absolute atomic E-state index is 12.3. The highest BCUT2D eigenvalue weighted by Crippen LogP contribution is 2.29. The minimum atomic E-state index is 0.272. The molecule has 1 aliphatic rings. The Kier molecular flexibility index (Phi) is 5.53. The highest BCUT2D eigenvalue weighted by atomic mass is 32.2. The number of benzene rings is 1. The molecule has 1 saturated carbocycles. The number of hydrogen-bond donors (Lipinski definition) is 0. The molecule has 0 spiro atoms. The Balaban J connectivity index is 1.93. The lowest BCUT2D eigenvalue weighted by Gasteiger charge is -2.20. The van der Waals surface area contributed by atoms with E-state index in [1.54, 1.807) is 0 Å². The van der Waals surface area contributed by atoms with Gasteiger partial charge in [-0.2, -0.15) is 11.8 Å². The van der Waals surface area contributed by atoms with Gasteiger partial charge in [0, 0.05) is 30.6 Å². The molecule has 0 N–H and O–H groups in total. The second-order valence-electron chi connectivity index (χ2n) is 5.89. The van der Waals surface area contributed by atoms with E-state index in [0.29, 0.717) is 11.0 Å². The summed E-state index contributed by atoms with van der Waals surface area (Å²) in [6.45, 7) is 2.07. The van der Waals surface area contributed by atoms with Crippen LogP contribution in [0.3, 0.4) is 0 Å². The zero-order valence-electron chi connectivity index (χ0n) is 12.8.